The van der Waals surface area contributed by atoms with E-state index >= 15 is 0 Å². The SMILES string of the molecule is CCCC(Oc1ccc(CCN)cc1F)C(=O)OCC. The van der Waals surface area contributed by atoms with Crippen LogP contribution in [0.25, 0.3) is 0 Å². The molecular formula is C15H22FNO3. The maximum atomic E-state index is 13.9. The summed E-state index contributed by atoms with van der Waals surface area (Å²) in [4.78, 5) is 11.7. The Balaban J connectivity index is 2.80. The largest absolute Gasteiger partial charge is 0.476 e. The van der Waals surface area contributed by atoms with Gasteiger partial charge in [-0.2, -0.15) is 0 Å². The zero-order valence-electron chi connectivity index (χ0n) is 12.0. The van der Waals surface area contributed by atoms with Gasteiger partial charge in [0.15, 0.2) is 17.7 Å². The Labute approximate surface area is 119 Å². The van der Waals surface area contributed by atoms with Crippen molar-refractivity contribution in [2.75, 3.05) is 13.2 Å². The van der Waals surface area contributed by atoms with Crippen molar-refractivity contribution in [2.45, 2.75) is 39.2 Å². The van der Waals surface area contributed by atoms with Crippen molar-refractivity contribution in [1.29, 1.82) is 0 Å². The summed E-state index contributed by atoms with van der Waals surface area (Å²) in [6, 6.07) is 4.66. The van der Waals surface area contributed by atoms with Crippen molar-refractivity contribution in [3.63, 3.8) is 0 Å². The van der Waals surface area contributed by atoms with Crippen LogP contribution in [0, 0.1) is 5.82 Å². The molecule has 4 nitrogen and oxygen atoms in total. The van der Waals surface area contributed by atoms with Crippen molar-refractivity contribution in [3.8, 4) is 5.75 Å². The lowest BCUT2D eigenvalue weighted by Gasteiger charge is -2.17. The van der Waals surface area contributed by atoms with Gasteiger partial charge in [0.1, 0.15) is 0 Å². The standard InChI is InChI=1S/C15H22FNO3/c1-3-5-14(15(18)19-4-2)20-13-7-6-11(8-9-17)10-12(13)16/h6-7,10,14H,3-5,8-9,17H2,1-2H3. The van der Waals surface area contributed by atoms with Gasteiger partial charge < -0.3 is 15.2 Å². The molecule has 0 aliphatic heterocycles. The smallest absolute Gasteiger partial charge is 0.347 e. The lowest BCUT2D eigenvalue weighted by Crippen LogP contribution is -2.29. The predicted octanol–water partition coefficient (Wildman–Crippen LogP) is 2.44. The van der Waals surface area contributed by atoms with Crippen LogP contribution in [-0.4, -0.2) is 25.2 Å². The fourth-order valence-electron chi connectivity index (χ4n) is 1.84. The zero-order chi connectivity index (χ0) is 15.0. The van der Waals surface area contributed by atoms with Crippen LogP contribution >= 0.6 is 0 Å². The van der Waals surface area contributed by atoms with Gasteiger partial charge in [0.2, 0.25) is 0 Å². The highest BCUT2D eigenvalue weighted by Gasteiger charge is 2.22. The first-order valence-corrected chi connectivity index (χ1v) is 6.94. The van der Waals surface area contributed by atoms with Gasteiger partial charge in [0.25, 0.3) is 0 Å². The van der Waals surface area contributed by atoms with Crippen LogP contribution in [0.2, 0.25) is 0 Å². The fourth-order valence-corrected chi connectivity index (χ4v) is 1.84. The Morgan fingerprint density at radius 3 is 2.70 bits per heavy atom. The molecule has 0 saturated heterocycles. The molecule has 0 aliphatic rings. The molecule has 1 atom stereocenters. The van der Waals surface area contributed by atoms with Gasteiger partial charge in [-0.3, -0.25) is 0 Å². The topological polar surface area (TPSA) is 61.5 Å². The van der Waals surface area contributed by atoms with Gasteiger partial charge in [-0.1, -0.05) is 19.4 Å². The number of benzene rings is 1. The number of hydrogen-bond donors (Lipinski definition) is 1. The summed E-state index contributed by atoms with van der Waals surface area (Å²) in [6.07, 6.45) is 1.07. The second-order valence-electron chi connectivity index (χ2n) is 4.45. The summed E-state index contributed by atoms with van der Waals surface area (Å²) in [5.74, 6) is -0.876. The molecule has 0 radical (unpaired) electrons. The molecule has 112 valence electrons. The molecule has 0 amide bonds. The first-order chi connectivity index (χ1) is 9.62. The average molecular weight is 283 g/mol. The van der Waals surface area contributed by atoms with Crippen LogP contribution in [0.1, 0.15) is 32.3 Å². The second kappa shape index (κ2) is 8.53. The Bertz CT molecular complexity index is 437. The van der Waals surface area contributed by atoms with E-state index in [1.54, 1.807) is 13.0 Å². The second-order valence-corrected chi connectivity index (χ2v) is 4.45. The Morgan fingerprint density at radius 1 is 1.40 bits per heavy atom. The van der Waals surface area contributed by atoms with Gasteiger partial charge in [0, 0.05) is 0 Å². The van der Waals surface area contributed by atoms with Gasteiger partial charge in [-0.05, 0) is 44.0 Å². The van der Waals surface area contributed by atoms with Gasteiger partial charge in [-0.15, -0.1) is 0 Å². The molecule has 0 aliphatic carbocycles. The van der Waals surface area contributed by atoms with Crippen LogP contribution in [0.4, 0.5) is 4.39 Å². The van der Waals surface area contributed by atoms with E-state index in [0.717, 1.165) is 12.0 Å². The molecule has 0 bridgehead atoms. The number of esters is 1. The number of carbonyl (C=O) groups excluding carboxylic acids is 1. The lowest BCUT2D eigenvalue weighted by molar-refractivity contribution is -0.151. The number of rotatable bonds is 8. The van der Waals surface area contributed by atoms with Crippen LogP contribution in [-0.2, 0) is 16.0 Å². The van der Waals surface area contributed by atoms with E-state index in [1.807, 2.05) is 6.92 Å². The monoisotopic (exact) mass is 283 g/mol. The number of hydrogen-bond acceptors (Lipinski definition) is 4. The van der Waals surface area contributed by atoms with E-state index in [9.17, 15) is 9.18 Å². The van der Waals surface area contributed by atoms with E-state index in [1.165, 1.54) is 12.1 Å². The number of nitrogens with two attached hydrogens (primary N) is 1. The summed E-state index contributed by atoms with van der Waals surface area (Å²) in [7, 11) is 0. The third kappa shape index (κ3) is 4.81. The molecule has 20 heavy (non-hydrogen) atoms. The highest BCUT2D eigenvalue weighted by Crippen LogP contribution is 2.21. The summed E-state index contributed by atoms with van der Waals surface area (Å²) in [5, 5.41) is 0. The highest BCUT2D eigenvalue weighted by atomic mass is 19.1. The highest BCUT2D eigenvalue weighted by molar-refractivity contribution is 5.75. The summed E-state index contributed by atoms with van der Waals surface area (Å²) >= 11 is 0. The van der Waals surface area contributed by atoms with Gasteiger partial charge in [0.05, 0.1) is 6.61 Å². The maximum absolute atomic E-state index is 13.9. The Morgan fingerprint density at radius 2 is 2.15 bits per heavy atom. The molecule has 1 rings (SSSR count). The molecule has 0 aromatic heterocycles. The van der Waals surface area contributed by atoms with Crippen LogP contribution in [0.5, 0.6) is 5.75 Å². The van der Waals surface area contributed by atoms with Crippen molar-refractivity contribution < 1.29 is 18.7 Å². The normalized spacial score (nSPS) is 12.0. The number of ether oxygens (including phenoxy) is 2. The van der Waals surface area contributed by atoms with Crippen molar-refractivity contribution in [2.24, 2.45) is 5.73 Å². The van der Waals surface area contributed by atoms with Crippen LogP contribution in [0.3, 0.4) is 0 Å². The molecule has 5 heteroatoms. The average Bonchev–Trinajstić information content (AvgIpc) is 2.41. The van der Waals surface area contributed by atoms with Crippen LogP contribution < -0.4 is 10.5 Å². The van der Waals surface area contributed by atoms with Gasteiger partial charge >= 0.3 is 5.97 Å². The molecule has 1 aromatic carbocycles. The molecule has 0 saturated carbocycles. The minimum atomic E-state index is -0.769. The first-order valence-electron chi connectivity index (χ1n) is 6.94. The van der Waals surface area contributed by atoms with E-state index in [4.69, 9.17) is 15.2 Å². The lowest BCUT2D eigenvalue weighted by atomic mass is 10.1. The van der Waals surface area contributed by atoms with E-state index in [0.29, 0.717) is 19.4 Å². The van der Waals surface area contributed by atoms with Crippen molar-refractivity contribution in [3.05, 3.63) is 29.6 Å². The Kier molecular flexibility index (Phi) is 7.01. The van der Waals surface area contributed by atoms with Crippen molar-refractivity contribution in [1.82, 2.24) is 0 Å². The first kappa shape index (κ1) is 16.4. The number of halogens is 1. The fraction of sp³-hybridized carbons (Fsp3) is 0.533. The van der Waals surface area contributed by atoms with Gasteiger partial charge in [-0.25, -0.2) is 9.18 Å². The van der Waals surface area contributed by atoms with Crippen LogP contribution in [0.15, 0.2) is 18.2 Å². The third-order valence-electron chi connectivity index (χ3n) is 2.80. The summed E-state index contributed by atoms with van der Waals surface area (Å²) < 4.78 is 24.3. The maximum Gasteiger partial charge on any atom is 0.347 e. The predicted molar refractivity (Wildman–Crippen MR) is 75.1 cm³/mol. The molecular weight excluding hydrogens is 261 g/mol. The molecule has 0 spiro atoms. The van der Waals surface area contributed by atoms with E-state index < -0.39 is 17.9 Å². The molecule has 0 fully saturated rings. The quantitative estimate of drug-likeness (QED) is 0.744. The summed E-state index contributed by atoms with van der Waals surface area (Å²) in [6.45, 7) is 4.39. The van der Waals surface area contributed by atoms with Crippen molar-refractivity contribution >= 4 is 5.97 Å². The molecule has 1 unspecified atom stereocenters. The molecule has 1 aromatic rings. The van der Waals surface area contributed by atoms with E-state index in [-0.39, 0.29) is 12.4 Å². The minimum Gasteiger partial charge on any atom is -0.476 e. The van der Waals surface area contributed by atoms with E-state index in [2.05, 4.69) is 0 Å². The molecule has 0 heterocycles. The zero-order valence-corrected chi connectivity index (χ0v) is 12.0. The molecule has 2 N–H and O–H groups in total. The Hall–Kier alpha value is -1.62. The third-order valence-corrected chi connectivity index (χ3v) is 2.80. The summed E-state index contributed by atoms with van der Waals surface area (Å²) in [5.41, 5.74) is 6.23. The minimum absolute atomic E-state index is 0.0669. The number of carbonyl (C=O) groups is 1.